The van der Waals surface area contributed by atoms with Crippen molar-refractivity contribution in [3.05, 3.63) is 132 Å². The van der Waals surface area contributed by atoms with Gasteiger partial charge in [-0.2, -0.15) is 0 Å². The van der Waals surface area contributed by atoms with E-state index in [2.05, 4.69) is 103 Å². The zero-order valence-corrected chi connectivity index (χ0v) is 21.2. The lowest BCUT2D eigenvalue weighted by Gasteiger charge is -2.16. The van der Waals surface area contributed by atoms with Crippen LogP contribution in [0.25, 0.3) is 76.5 Å². The Morgan fingerprint density at radius 1 is 0.421 bits per heavy atom. The number of rotatable bonds is 2. The molecule has 0 N–H and O–H groups in total. The Bertz CT molecular complexity index is 2200. The molecule has 0 bridgehead atoms. The van der Waals surface area contributed by atoms with Gasteiger partial charge >= 0.3 is 0 Å². The van der Waals surface area contributed by atoms with Crippen LogP contribution >= 0.6 is 11.6 Å². The van der Waals surface area contributed by atoms with Crippen LogP contribution in [0.3, 0.4) is 0 Å². The van der Waals surface area contributed by atoms with Gasteiger partial charge < -0.3 is 4.42 Å². The molecule has 1 nitrogen and oxygen atoms in total. The normalized spacial score (nSPS) is 11.8. The first kappa shape index (κ1) is 21.5. The zero-order chi connectivity index (χ0) is 25.2. The molecule has 8 rings (SSSR count). The Morgan fingerprint density at radius 2 is 1.13 bits per heavy atom. The highest BCUT2D eigenvalue weighted by atomic mass is 35.5. The van der Waals surface area contributed by atoms with Crippen LogP contribution in [0.15, 0.2) is 132 Å². The summed E-state index contributed by atoms with van der Waals surface area (Å²) < 4.78 is 6.27. The topological polar surface area (TPSA) is 13.1 Å². The fourth-order valence-electron chi connectivity index (χ4n) is 5.93. The standard InChI is InChI=1S/C36H21ClO/c37-33-13-6-12-30-32(33)21-31-26(24-16-15-22-7-1-2-8-23(22)19-24)10-5-11-29(31)36(30)25-17-18-28-27-9-3-4-14-34(27)38-35(28)20-25/h1-21H. The molecule has 2 heteroatoms. The fraction of sp³-hybridized carbons (Fsp3) is 0. The average Bonchev–Trinajstić information content (AvgIpc) is 3.34. The maximum atomic E-state index is 6.82. The van der Waals surface area contributed by atoms with Crippen molar-refractivity contribution in [3.63, 3.8) is 0 Å². The number of para-hydroxylation sites is 1. The molecule has 178 valence electrons. The van der Waals surface area contributed by atoms with Gasteiger partial charge in [-0.15, -0.1) is 0 Å². The molecule has 38 heavy (non-hydrogen) atoms. The quantitative estimate of drug-likeness (QED) is 0.213. The van der Waals surface area contributed by atoms with Crippen molar-refractivity contribution in [1.82, 2.24) is 0 Å². The lowest BCUT2D eigenvalue weighted by molar-refractivity contribution is 0.669. The van der Waals surface area contributed by atoms with E-state index in [1.165, 1.54) is 38.2 Å². The first-order valence-electron chi connectivity index (χ1n) is 12.8. The number of benzene rings is 7. The van der Waals surface area contributed by atoms with Gasteiger partial charge in [-0.1, -0.05) is 103 Å². The number of furan rings is 1. The minimum Gasteiger partial charge on any atom is -0.456 e. The summed E-state index contributed by atoms with van der Waals surface area (Å²) in [6.45, 7) is 0. The third-order valence-electron chi connectivity index (χ3n) is 7.71. The van der Waals surface area contributed by atoms with E-state index in [9.17, 15) is 0 Å². The van der Waals surface area contributed by atoms with Gasteiger partial charge in [0.25, 0.3) is 0 Å². The van der Waals surface area contributed by atoms with Crippen molar-refractivity contribution in [2.75, 3.05) is 0 Å². The number of hydrogen-bond acceptors (Lipinski definition) is 1. The van der Waals surface area contributed by atoms with E-state index >= 15 is 0 Å². The van der Waals surface area contributed by atoms with Crippen molar-refractivity contribution >= 4 is 65.9 Å². The summed E-state index contributed by atoms with van der Waals surface area (Å²) in [6.07, 6.45) is 0. The van der Waals surface area contributed by atoms with Crippen LogP contribution in [0, 0.1) is 0 Å². The van der Waals surface area contributed by atoms with Gasteiger partial charge in [0.05, 0.1) is 0 Å². The zero-order valence-electron chi connectivity index (χ0n) is 20.4. The van der Waals surface area contributed by atoms with Crippen LogP contribution in [0.1, 0.15) is 0 Å². The highest BCUT2D eigenvalue weighted by Crippen LogP contribution is 2.43. The van der Waals surface area contributed by atoms with Crippen molar-refractivity contribution in [1.29, 1.82) is 0 Å². The Labute approximate surface area is 224 Å². The SMILES string of the molecule is Clc1cccc2c(-c3ccc4c(c3)oc3ccccc34)c3cccc(-c4ccc5ccccc5c4)c3cc12. The molecule has 0 saturated heterocycles. The maximum Gasteiger partial charge on any atom is 0.136 e. The lowest BCUT2D eigenvalue weighted by Crippen LogP contribution is -1.89. The van der Waals surface area contributed by atoms with Crippen molar-refractivity contribution in [3.8, 4) is 22.3 Å². The smallest absolute Gasteiger partial charge is 0.136 e. The maximum absolute atomic E-state index is 6.82. The monoisotopic (exact) mass is 504 g/mol. The molecule has 1 heterocycles. The summed E-state index contributed by atoms with van der Waals surface area (Å²) in [4.78, 5) is 0. The Hall–Kier alpha value is -4.59. The fourth-order valence-corrected chi connectivity index (χ4v) is 6.16. The van der Waals surface area contributed by atoms with E-state index in [-0.39, 0.29) is 0 Å². The summed E-state index contributed by atoms with van der Waals surface area (Å²) in [7, 11) is 0. The highest BCUT2D eigenvalue weighted by molar-refractivity contribution is 6.37. The number of fused-ring (bicyclic) bond motifs is 6. The Kier molecular flexibility index (Phi) is 4.64. The molecule has 8 aromatic rings. The molecule has 7 aromatic carbocycles. The van der Waals surface area contributed by atoms with Gasteiger partial charge in [-0.25, -0.2) is 0 Å². The van der Waals surface area contributed by atoms with Crippen molar-refractivity contribution in [2.45, 2.75) is 0 Å². The summed E-state index contributed by atoms with van der Waals surface area (Å²) in [5, 5.41) is 10.1. The molecule has 0 amide bonds. The first-order chi connectivity index (χ1) is 18.7. The molecule has 1 aromatic heterocycles. The van der Waals surface area contributed by atoms with E-state index in [0.717, 1.165) is 43.3 Å². The minimum atomic E-state index is 0.753. The second-order valence-electron chi connectivity index (χ2n) is 9.86. The summed E-state index contributed by atoms with van der Waals surface area (Å²) in [6, 6.07) is 45.0. The van der Waals surface area contributed by atoms with Gasteiger partial charge in [0.2, 0.25) is 0 Å². The number of hydrogen-bond donors (Lipinski definition) is 0. The van der Waals surface area contributed by atoms with Gasteiger partial charge in [0.15, 0.2) is 0 Å². The van der Waals surface area contributed by atoms with Gasteiger partial charge in [-0.3, -0.25) is 0 Å². The third kappa shape index (κ3) is 3.19. The van der Waals surface area contributed by atoms with E-state index in [4.69, 9.17) is 16.0 Å². The van der Waals surface area contributed by atoms with Gasteiger partial charge in [-0.05, 0) is 85.6 Å². The molecule has 0 radical (unpaired) electrons. The van der Waals surface area contributed by atoms with Gasteiger partial charge in [0, 0.05) is 21.2 Å². The van der Waals surface area contributed by atoms with Crippen molar-refractivity contribution < 1.29 is 4.42 Å². The number of halogens is 1. The van der Waals surface area contributed by atoms with Crippen LogP contribution in [0.5, 0.6) is 0 Å². The minimum absolute atomic E-state index is 0.753. The first-order valence-corrected chi connectivity index (χ1v) is 13.2. The molecule has 0 spiro atoms. The molecule has 0 aliphatic rings. The van der Waals surface area contributed by atoms with E-state index in [1.54, 1.807) is 0 Å². The molecule has 0 unspecified atom stereocenters. The average molecular weight is 505 g/mol. The predicted molar refractivity (Wildman–Crippen MR) is 162 cm³/mol. The molecule has 0 aliphatic heterocycles. The van der Waals surface area contributed by atoms with Crippen molar-refractivity contribution in [2.24, 2.45) is 0 Å². The highest BCUT2D eigenvalue weighted by Gasteiger charge is 2.16. The summed E-state index contributed by atoms with van der Waals surface area (Å²) in [5.41, 5.74) is 6.47. The molecular weight excluding hydrogens is 484 g/mol. The van der Waals surface area contributed by atoms with Crippen LogP contribution in [0.4, 0.5) is 0 Å². The summed E-state index contributed by atoms with van der Waals surface area (Å²) >= 11 is 6.82. The largest absolute Gasteiger partial charge is 0.456 e. The third-order valence-corrected chi connectivity index (χ3v) is 8.04. The molecule has 0 saturated carbocycles. The van der Waals surface area contributed by atoms with Crippen LogP contribution in [-0.2, 0) is 0 Å². The molecule has 0 aliphatic carbocycles. The second-order valence-corrected chi connectivity index (χ2v) is 10.3. The molecular formula is C36H21ClO. The lowest BCUT2D eigenvalue weighted by atomic mass is 9.88. The summed E-state index contributed by atoms with van der Waals surface area (Å²) in [5.74, 6) is 0. The Morgan fingerprint density at radius 3 is 2.05 bits per heavy atom. The second kappa shape index (κ2) is 8.21. The van der Waals surface area contributed by atoms with Crippen LogP contribution in [0.2, 0.25) is 5.02 Å². The molecule has 0 fully saturated rings. The van der Waals surface area contributed by atoms with E-state index in [0.29, 0.717) is 0 Å². The van der Waals surface area contributed by atoms with Crippen LogP contribution < -0.4 is 0 Å². The van der Waals surface area contributed by atoms with E-state index < -0.39 is 0 Å². The predicted octanol–water partition coefficient (Wildman–Crippen LogP) is 11.0. The van der Waals surface area contributed by atoms with Crippen LogP contribution in [-0.4, -0.2) is 0 Å². The molecule has 0 atom stereocenters. The Balaban J connectivity index is 1.46. The van der Waals surface area contributed by atoms with Gasteiger partial charge in [0.1, 0.15) is 11.2 Å². The van der Waals surface area contributed by atoms with E-state index in [1.807, 2.05) is 24.3 Å².